The van der Waals surface area contributed by atoms with Crippen LogP contribution in [0, 0.1) is 17.8 Å². The van der Waals surface area contributed by atoms with Crippen molar-refractivity contribution in [1.82, 2.24) is 4.72 Å². The molecule has 2 rings (SSSR count). The van der Waals surface area contributed by atoms with Crippen molar-refractivity contribution in [1.29, 1.82) is 0 Å². The first-order chi connectivity index (χ1) is 6.48. The Bertz CT molecular complexity index is 310. The normalized spacial score (nSPS) is 41.2. The van der Waals surface area contributed by atoms with Crippen molar-refractivity contribution in [2.75, 3.05) is 5.75 Å². The molecule has 3 atom stereocenters. The highest BCUT2D eigenvalue weighted by molar-refractivity contribution is 7.89. The van der Waals surface area contributed by atoms with Crippen LogP contribution >= 0.6 is 0 Å². The smallest absolute Gasteiger partial charge is 0.212 e. The van der Waals surface area contributed by atoms with Crippen LogP contribution in [-0.2, 0) is 10.0 Å². The minimum atomic E-state index is -2.93. The molecule has 0 amide bonds. The topological polar surface area (TPSA) is 46.2 Å². The molecule has 2 fully saturated rings. The molecule has 1 aliphatic carbocycles. The third kappa shape index (κ3) is 1.96. The van der Waals surface area contributed by atoms with Gasteiger partial charge in [-0.1, -0.05) is 13.8 Å². The molecular formula is C10H19NO2S. The summed E-state index contributed by atoms with van der Waals surface area (Å²) in [4.78, 5) is 0. The van der Waals surface area contributed by atoms with E-state index in [0.717, 1.165) is 12.8 Å². The summed E-state index contributed by atoms with van der Waals surface area (Å²) in [6.07, 6.45) is 3.33. The summed E-state index contributed by atoms with van der Waals surface area (Å²) in [5.41, 5.74) is 0. The van der Waals surface area contributed by atoms with Crippen LogP contribution in [0.2, 0.25) is 0 Å². The van der Waals surface area contributed by atoms with Crippen molar-refractivity contribution in [3.05, 3.63) is 0 Å². The molecule has 1 saturated heterocycles. The van der Waals surface area contributed by atoms with E-state index in [2.05, 4.69) is 18.6 Å². The van der Waals surface area contributed by atoms with Gasteiger partial charge in [0.05, 0.1) is 5.75 Å². The highest BCUT2D eigenvalue weighted by atomic mass is 32.2. The van der Waals surface area contributed by atoms with Crippen LogP contribution in [-0.4, -0.2) is 20.2 Å². The summed E-state index contributed by atoms with van der Waals surface area (Å²) in [7, 11) is -2.93. The van der Waals surface area contributed by atoms with Crippen LogP contribution in [0.15, 0.2) is 0 Å². The predicted molar refractivity (Wildman–Crippen MR) is 56.4 cm³/mol. The van der Waals surface area contributed by atoms with Crippen molar-refractivity contribution in [2.45, 2.75) is 39.2 Å². The van der Waals surface area contributed by atoms with Crippen LogP contribution in [0.25, 0.3) is 0 Å². The fourth-order valence-corrected chi connectivity index (χ4v) is 4.58. The monoisotopic (exact) mass is 217 g/mol. The third-order valence-corrected chi connectivity index (χ3v) is 5.27. The van der Waals surface area contributed by atoms with E-state index in [0.29, 0.717) is 23.5 Å². The number of hydrogen-bond acceptors (Lipinski definition) is 2. The van der Waals surface area contributed by atoms with Crippen LogP contribution in [0.4, 0.5) is 0 Å². The van der Waals surface area contributed by atoms with Crippen LogP contribution in [0.1, 0.15) is 33.1 Å². The van der Waals surface area contributed by atoms with Gasteiger partial charge in [0, 0.05) is 6.04 Å². The van der Waals surface area contributed by atoms with Gasteiger partial charge >= 0.3 is 0 Å². The Hall–Kier alpha value is -0.0900. The molecule has 0 bridgehead atoms. The fourth-order valence-electron chi connectivity index (χ4n) is 2.78. The van der Waals surface area contributed by atoms with Gasteiger partial charge in [0.1, 0.15) is 0 Å². The molecular weight excluding hydrogens is 198 g/mol. The summed E-state index contributed by atoms with van der Waals surface area (Å²) < 4.78 is 25.5. The molecule has 1 saturated carbocycles. The molecule has 0 spiro atoms. The molecule has 82 valence electrons. The van der Waals surface area contributed by atoms with Crippen LogP contribution in [0.5, 0.6) is 0 Å². The second-order valence-electron chi connectivity index (χ2n) is 5.08. The molecule has 0 aromatic carbocycles. The standard InChI is InChI=1S/C10H19NO2S/c1-7(2)8-3-4-9-6-14(12,13)11-10(9)5-8/h7-11H,3-6H2,1-2H3. The lowest BCUT2D eigenvalue weighted by molar-refractivity contribution is 0.208. The van der Waals surface area contributed by atoms with E-state index in [1.54, 1.807) is 0 Å². The third-order valence-electron chi connectivity index (χ3n) is 3.74. The fraction of sp³-hybridized carbons (Fsp3) is 1.00. The lowest BCUT2D eigenvalue weighted by atomic mass is 9.75. The van der Waals surface area contributed by atoms with E-state index >= 15 is 0 Å². The Morgan fingerprint density at radius 3 is 2.64 bits per heavy atom. The first-order valence-corrected chi connectivity index (χ1v) is 7.13. The van der Waals surface area contributed by atoms with Gasteiger partial charge in [-0.05, 0) is 37.0 Å². The largest absolute Gasteiger partial charge is 0.212 e. The molecule has 3 nitrogen and oxygen atoms in total. The van der Waals surface area contributed by atoms with E-state index in [1.165, 1.54) is 6.42 Å². The molecule has 2 aliphatic rings. The van der Waals surface area contributed by atoms with Gasteiger partial charge in [0.2, 0.25) is 10.0 Å². The Morgan fingerprint density at radius 1 is 1.29 bits per heavy atom. The first-order valence-electron chi connectivity index (χ1n) is 5.48. The molecule has 0 aromatic heterocycles. The van der Waals surface area contributed by atoms with Gasteiger partial charge in [0.25, 0.3) is 0 Å². The minimum absolute atomic E-state index is 0.237. The highest BCUT2D eigenvalue weighted by Crippen LogP contribution is 2.37. The molecule has 1 N–H and O–H groups in total. The summed E-state index contributed by atoms with van der Waals surface area (Å²) >= 11 is 0. The molecule has 1 heterocycles. The maximum absolute atomic E-state index is 11.4. The second-order valence-corrected chi connectivity index (χ2v) is 6.88. The van der Waals surface area contributed by atoms with E-state index in [-0.39, 0.29) is 6.04 Å². The molecule has 14 heavy (non-hydrogen) atoms. The highest BCUT2D eigenvalue weighted by Gasteiger charge is 2.41. The maximum atomic E-state index is 11.4. The Balaban J connectivity index is 2.05. The summed E-state index contributed by atoms with van der Waals surface area (Å²) in [5, 5.41) is 0. The minimum Gasteiger partial charge on any atom is -0.212 e. The summed E-state index contributed by atoms with van der Waals surface area (Å²) in [6, 6.07) is 0.237. The van der Waals surface area contributed by atoms with Crippen molar-refractivity contribution in [3.8, 4) is 0 Å². The van der Waals surface area contributed by atoms with Gasteiger partial charge in [-0.25, -0.2) is 13.1 Å². The van der Waals surface area contributed by atoms with Gasteiger partial charge in [-0.2, -0.15) is 0 Å². The van der Waals surface area contributed by atoms with Crippen molar-refractivity contribution < 1.29 is 8.42 Å². The zero-order valence-corrected chi connectivity index (χ0v) is 9.68. The number of sulfonamides is 1. The van der Waals surface area contributed by atoms with E-state index in [4.69, 9.17) is 0 Å². The van der Waals surface area contributed by atoms with E-state index in [1.807, 2.05) is 0 Å². The zero-order chi connectivity index (χ0) is 10.3. The van der Waals surface area contributed by atoms with Crippen LogP contribution in [0.3, 0.4) is 0 Å². The lowest BCUT2D eigenvalue weighted by Gasteiger charge is -2.32. The molecule has 1 aliphatic heterocycles. The first kappa shape index (κ1) is 10.4. The Labute approximate surface area is 86.3 Å². The number of rotatable bonds is 1. The quantitative estimate of drug-likeness (QED) is 0.721. The summed E-state index contributed by atoms with van der Waals surface area (Å²) in [5.74, 6) is 2.13. The number of nitrogens with one attached hydrogen (secondary N) is 1. The van der Waals surface area contributed by atoms with E-state index < -0.39 is 10.0 Å². The Morgan fingerprint density at radius 2 is 2.00 bits per heavy atom. The van der Waals surface area contributed by atoms with Crippen molar-refractivity contribution in [3.63, 3.8) is 0 Å². The lowest BCUT2D eigenvalue weighted by Crippen LogP contribution is -2.36. The second kappa shape index (κ2) is 3.49. The van der Waals surface area contributed by atoms with Gasteiger partial charge < -0.3 is 0 Å². The average molecular weight is 217 g/mol. The van der Waals surface area contributed by atoms with Gasteiger partial charge in [0.15, 0.2) is 0 Å². The molecule has 3 unspecified atom stereocenters. The summed E-state index contributed by atoms with van der Waals surface area (Å²) in [6.45, 7) is 4.46. The van der Waals surface area contributed by atoms with Gasteiger partial charge in [-0.15, -0.1) is 0 Å². The molecule has 0 radical (unpaired) electrons. The van der Waals surface area contributed by atoms with Crippen molar-refractivity contribution in [2.24, 2.45) is 17.8 Å². The SMILES string of the molecule is CC(C)C1CCC2CS(=O)(=O)NC2C1. The van der Waals surface area contributed by atoms with Gasteiger partial charge in [-0.3, -0.25) is 0 Å². The van der Waals surface area contributed by atoms with Crippen molar-refractivity contribution >= 4 is 10.0 Å². The molecule has 0 aromatic rings. The zero-order valence-electron chi connectivity index (χ0n) is 8.86. The van der Waals surface area contributed by atoms with E-state index in [9.17, 15) is 8.42 Å². The number of fused-ring (bicyclic) bond motifs is 1. The molecule has 4 heteroatoms. The maximum Gasteiger partial charge on any atom is 0.212 e. The van der Waals surface area contributed by atoms with Crippen LogP contribution < -0.4 is 4.72 Å². The number of hydrogen-bond donors (Lipinski definition) is 1. The average Bonchev–Trinajstić information content (AvgIpc) is 2.36. The Kier molecular flexibility index (Phi) is 2.60. The predicted octanol–water partition coefficient (Wildman–Crippen LogP) is 1.36.